The molecule has 0 spiro atoms. The van der Waals surface area contributed by atoms with Crippen LogP contribution in [0.15, 0.2) is 30.3 Å². The Morgan fingerprint density at radius 3 is 2.11 bits per heavy atom. The van der Waals surface area contributed by atoms with Crippen molar-refractivity contribution in [2.75, 3.05) is 52.4 Å². The van der Waals surface area contributed by atoms with E-state index in [-0.39, 0.29) is 11.8 Å². The second kappa shape index (κ2) is 11.1. The summed E-state index contributed by atoms with van der Waals surface area (Å²) in [5.74, 6) is 1.28. The van der Waals surface area contributed by atoms with Gasteiger partial charge in [0.2, 0.25) is 11.8 Å². The minimum atomic E-state index is 0.190. The number of piperazine rings is 1. The lowest BCUT2D eigenvalue weighted by atomic mass is 10.2. The Kier molecular flexibility index (Phi) is 8.15. The molecule has 0 unspecified atom stereocenters. The Hall–Kier alpha value is -2.08. The van der Waals surface area contributed by atoms with Gasteiger partial charge in [0.05, 0.1) is 13.2 Å². The first-order valence-corrected chi connectivity index (χ1v) is 10.7. The first-order chi connectivity index (χ1) is 13.7. The minimum absolute atomic E-state index is 0.190. The number of hydrogen-bond donors (Lipinski definition) is 0. The fraction of sp³-hybridized carbons (Fsp3) is 0.636. The molecule has 0 bridgehead atoms. The molecule has 0 aliphatic carbocycles. The molecule has 2 saturated heterocycles. The Morgan fingerprint density at radius 1 is 0.786 bits per heavy atom. The molecule has 6 nitrogen and oxygen atoms in total. The van der Waals surface area contributed by atoms with Crippen molar-refractivity contribution in [3.05, 3.63) is 30.3 Å². The number of amides is 2. The van der Waals surface area contributed by atoms with E-state index in [1.54, 1.807) is 0 Å². The number of para-hydroxylation sites is 1. The van der Waals surface area contributed by atoms with Crippen molar-refractivity contribution in [2.45, 2.75) is 38.5 Å². The maximum atomic E-state index is 12.5. The maximum absolute atomic E-state index is 12.5. The molecule has 3 rings (SSSR count). The van der Waals surface area contributed by atoms with Crippen LogP contribution in [-0.2, 0) is 9.59 Å². The van der Waals surface area contributed by atoms with E-state index >= 15 is 0 Å². The smallest absolute Gasteiger partial charge is 0.236 e. The number of ether oxygens (including phenoxy) is 1. The summed E-state index contributed by atoms with van der Waals surface area (Å²) in [6, 6.07) is 9.69. The Bertz CT molecular complexity index is 607. The van der Waals surface area contributed by atoms with Crippen LogP contribution in [0.2, 0.25) is 0 Å². The van der Waals surface area contributed by atoms with Gasteiger partial charge in [0, 0.05) is 45.7 Å². The SMILES string of the molecule is O=C(CCCOc1ccccc1)N1CCN(CC(=O)N2CCCCCC2)CC1. The average molecular weight is 388 g/mol. The van der Waals surface area contributed by atoms with E-state index < -0.39 is 0 Å². The second-order valence-corrected chi connectivity index (χ2v) is 7.72. The lowest BCUT2D eigenvalue weighted by molar-refractivity contribution is -0.135. The average Bonchev–Trinajstić information content (AvgIpc) is 3.02. The maximum Gasteiger partial charge on any atom is 0.236 e. The largest absolute Gasteiger partial charge is 0.494 e. The fourth-order valence-electron chi connectivity index (χ4n) is 3.86. The van der Waals surface area contributed by atoms with Crippen LogP contribution in [0, 0.1) is 0 Å². The van der Waals surface area contributed by atoms with E-state index in [0.29, 0.717) is 32.7 Å². The Balaban J connectivity index is 1.30. The summed E-state index contributed by atoms with van der Waals surface area (Å²) in [6.45, 7) is 5.85. The first kappa shape index (κ1) is 20.6. The molecule has 0 aromatic heterocycles. The van der Waals surface area contributed by atoms with Crippen LogP contribution in [0.5, 0.6) is 5.75 Å². The van der Waals surface area contributed by atoms with E-state index in [2.05, 4.69) is 4.90 Å². The number of carbonyl (C=O) groups is 2. The number of carbonyl (C=O) groups excluding carboxylic acids is 2. The highest BCUT2D eigenvalue weighted by atomic mass is 16.5. The molecule has 0 atom stereocenters. The minimum Gasteiger partial charge on any atom is -0.494 e. The predicted octanol–water partition coefficient (Wildman–Crippen LogP) is 2.39. The molecule has 2 aliphatic rings. The summed E-state index contributed by atoms with van der Waals surface area (Å²) in [5, 5.41) is 0. The van der Waals surface area contributed by atoms with E-state index in [1.807, 2.05) is 40.1 Å². The third kappa shape index (κ3) is 6.51. The zero-order valence-corrected chi connectivity index (χ0v) is 16.9. The monoisotopic (exact) mass is 387 g/mol. The first-order valence-electron chi connectivity index (χ1n) is 10.7. The van der Waals surface area contributed by atoms with Crippen molar-refractivity contribution < 1.29 is 14.3 Å². The molecule has 1 aromatic carbocycles. The van der Waals surface area contributed by atoms with Crippen LogP contribution in [0.4, 0.5) is 0 Å². The number of hydrogen-bond acceptors (Lipinski definition) is 4. The summed E-state index contributed by atoms with van der Waals surface area (Å²) in [6.07, 6.45) is 5.97. The van der Waals surface area contributed by atoms with Gasteiger partial charge in [-0.2, -0.15) is 0 Å². The van der Waals surface area contributed by atoms with Gasteiger partial charge in [-0.1, -0.05) is 31.0 Å². The van der Waals surface area contributed by atoms with Crippen LogP contribution < -0.4 is 4.74 Å². The summed E-state index contributed by atoms with van der Waals surface area (Å²) in [7, 11) is 0. The van der Waals surface area contributed by atoms with Gasteiger partial charge < -0.3 is 14.5 Å². The van der Waals surface area contributed by atoms with Crippen LogP contribution in [0.1, 0.15) is 38.5 Å². The molecule has 154 valence electrons. The third-order valence-electron chi connectivity index (χ3n) is 5.59. The van der Waals surface area contributed by atoms with Crippen molar-refractivity contribution >= 4 is 11.8 Å². The van der Waals surface area contributed by atoms with E-state index in [9.17, 15) is 9.59 Å². The van der Waals surface area contributed by atoms with Gasteiger partial charge in [-0.05, 0) is 31.4 Å². The van der Waals surface area contributed by atoms with Crippen molar-refractivity contribution in [1.29, 1.82) is 0 Å². The van der Waals surface area contributed by atoms with Crippen molar-refractivity contribution in [3.63, 3.8) is 0 Å². The van der Waals surface area contributed by atoms with Crippen LogP contribution in [0.3, 0.4) is 0 Å². The number of rotatable bonds is 7. The zero-order valence-electron chi connectivity index (χ0n) is 16.9. The fourth-order valence-corrected chi connectivity index (χ4v) is 3.86. The van der Waals surface area contributed by atoms with E-state index in [4.69, 9.17) is 4.74 Å². The van der Waals surface area contributed by atoms with Crippen LogP contribution >= 0.6 is 0 Å². The van der Waals surface area contributed by atoms with Crippen molar-refractivity contribution in [2.24, 2.45) is 0 Å². The van der Waals surface area contributed by atoms with Gasteiger partial charge in [-0.3, -0.25) is 14.5 Å². The molecule has 2 heterocycles. The zero-order chi connectivity index (χ0) is 19.6. The topological polar surface area (TPSA) is 53.1 Å². The van der Waals surface area contributed by atoms with Gasteiger partial charge in [0.15, 0.2) is 0 Å². The molecule has 6 heteroatoms. The molecule has 28 heavy (non-hydrogen) atoms. The lowest BCUT2D eigenvalue weighted by Crippen LogP contribution is -2.51. The number of benzene rings is 1. The molecule has 1 aromatic rings. The molecule has 0 radical (unpaired) electrons. The summed E-state index contributed by atoms with van der Waals surface area (Å²) >= 11 is 0. The summed E-state index contributed by atoms with van der Waals surface area (Å²) in [4.78, 5) is 31.1. The second-order valence-electron chi connectivity index (χ2n) is 7.72. The summed E-state index contributed by atoms with van der Waals surface area (Å²) < 4.78 is 5.65. The highest BCUT2D eigenvalue weighted by molar-refractivity contribution is 5.78. The Morgan fingerprint density at radius 2 is 1.43 bits per heavy atom. The molecular weight excluding hydrogens is 354 g/mol. The quantitative estimate of drug-likeness (QED) is 0.674. The number of nitrogens with zero attached hydrogens (tertiary/aromatic N) is 3. The van der Waals surface area contributed by atoms with Crippen LogP contribution in [0.25, 0.3) is 0 Å². The third-order valence-corrected chi connectivity index (χ3v) is 5.59. The van der Waals surface area contributed by atoms with Crippen molar-refractivity contribution in [1.82, 2.24) is 14.7 Å². The van der Waals surface area contributed by atoms with Gasteiger partial charge >= 0.3 is 0 Å². The van der Waals surface area contributed by atoms with Gasteiger partial charge in [0.1, 0.15) is 5.75 Å². The molecule has 0 saturated carbocycles. The van der Waals surface area contributed by atoms with E-state index in [1.165, 1.54) is 12.8 Å². The molecule has 2 amide bonds. The normalized spacial score (nSPS) is 18.6. The Labute approximate surface area is 168 Å². The van der Waals surface area contributed by atoms with Crippen molar-refractivity contribution in [3.8, 4) is 5.75 Å². The molecule has 2 aliphatic heterocycles. The lowest BCUT2D eigenvalue weighted by Gasteiger charge is -2.35. The van der Waals surface area contributed by atoms with Gasteiger partial charge in [-0.15, -0.1) is 0 Å². The van der Waals surface area contributed by atoms with E-state index in [0.717, 1.165) is 51.2 Å². The standard InChI is InChI=1S/C22H33N3O3/c26-21(11-8-18-28-20-9-4-3-5-10-20)25-16-14-23(15-17-25)19-22(27)24-12-6-1-2-7-13-24/h3-5,9-10H,1-2,6-8,11-19H2. The van der Waals surface area contributed by atoms with Gasteiger partial charge in [0.25, 0.3) is 0 Å². The molecular formula is C22H33N3O3. The highest BCUT2D eigenvalue weighted by Gasteiger charge is 2.24. The summed E-state index contributed by atoms with van der Waals surface area (Å²) in [5.41, 5.74) is 0. The highest BCUT2D eigenvalue weighted by Crippen LogP contribution is 2.12. The van der Waals surface area contributed by atoms with Gasteiger partial charge in [-0.25, -0.2) is 0 Å². The molecule has 2 fully saturated rings. The van der Waals surface area contributed by atoms with Crippen LogP contribution in [-0.4, -0.2) is 78.9 Å². The molecule has 0 N–H and O–H groups in total. The predicted molar refractivity (Wildman–Crippen MR) is 109 cm³/mol. The number of likely N-dealkylation sites (tertiary alicyclic amines) is 1.